The first-order valence-electron chi connectivity index (χ1n) is 29.9. The van der Waals surface area contributed by atoms with Gasteiger partial charge in [0.25, 0.3) is 0 Å². The minimum atomic E-state index is 0.0777. The molecule has 0 unspecified atom stereocenters. The van der Waals surface area contributed by atoms with E-state index >= 15 is 0 Å². The second-order valence-electron chi connectivity index (χ2n) is 19.9. The number of nitrogens with one attached hydrogen (secondary N) is 9. The van der Waals surface area contributed by atoms with E-state index in [1.54, 1.807) is 0 Å². The maximum Gasteiger partial charge on any atom is 0.185 e. The van der Waals surface area contributed by atoms with E-state index in [0.29, 0.717) is 0 Å². The minimum absolute atomic E-state index is 0.0777. The fourth-order valence-electron chi connectivity index (χ4n) is 8.12. The predicted molar refractivity (Wildman–Crippen MR) is 327 cm³/mol. The third-order valence-electron chi connectivity index (χ3n) is 12.5. The highest BCUT2D eigenvalue weighted by atomic mass is 15.0. The Balaban J connectivity index is -0.00000104. The van der Waals surface area contributed by atoms with Gasteiger partial charge in [0.15, 0.2) is 35.8 Å². The summed E-state index contributed by atoms with van der Waals surface area (Å²) in [5, 5.41) is 40.3. The zero-order valence-corrected chi connectivity index (χ0v) is 48.0. The normalized spacial score (nSPS) is 10.6. The van der Waals surface area contributed by atoms with Crippen LogP contribution in [-0.4, -0.2) is 114 Å². The zero-order chi connectivity index (χ0) is 55.8. The Morgan fingerprint density at radius 1 is 0.213 bits per heavy atom. The Morgan fingerprint density at radius 2 is 0.360 bits per heavy atom. The van der Waals surface area contributed by atoms with Crippen molar-refractivity contribution in [2.45, 2.75) is 231 Å². The third-order valence-corrected chi connectivity index (χ3v) is 12.5. The summed E-state index contributed by atoms with van der Waals surface area (Å²) in [6.45, 7) is 11.6. The summed E-state index contributed by atoms with van der Waals surface area (Å²) in [6, 6.07) is 0. The van der Waals surface area contributed by atoms with E-state index in [1.165, 1.54) is 193 Å². The molecule has 75 heavy (non-hydrogen) atoms. The Bertz CT molecular complexity index is 1130. The molecular formula is C54H123N21. The summed E-state index contributed by atoms with van der Waals surface area (Å²) in [5.74, 6) is 0.839. The van der Waals surface area contributed by atoms with E-state index < -0.39 is 0 Å². The lowest BCUT2D eigenvalue weighted by Crippen LogP contribution is -2.30. The van der Waals surface area contributed by atoms with Crippen molar-refractivity contribution in [3.8, 4) is 0 Å². The quantitative estimate of drug-likeness (QED) is 0.0187. The van der Waals surface area contributed by atoms with Crippen molar-refractivity contribution in [3.63, 3.8) is 0 Å². The lowest BCUT2D eigenvalue weighted by molar-refractivity contribution is 0.539. The third kappa shape index (κ3) is 83.7. The van der Waals surface area contributed by atoms with Crippen LogP contribution in [0.25, 0.3) is 0 Å². The van der Waals surface area contributed by atoms with Crippen molar-refractivity contribution in [1.29, 1.82) is 16.2 Å². The van der Waals surface area contributed by atoms with E-state index in [0.717, 1.165) is 117 Å². The van der Waals surface area contributed by atoms with Gasteiger partial charge in [-0.1, -0.05) is 154 Å². The number of nitrogens with two attached hydrogens (primary N) is 9. The van der Waals surface area contributed by atoms with Gasteiger partial charge in [-0.3, -0.25) is 31.2 Å². The molecule has 0 bridgehead atoms. The maximum absolute atomic E-state index is 7.05. The van der Waals surface area contributed by atoms with Gasteiger partial charge in [-0.25, -0.2) is 0 Å². The van der Waals surface area contributed by atoms with Crippen LogP contribution in [0, 0.1) is 16.2 Å². The van der Waals surface area contributed by atoms with E-state index in [-0.39, 0.29) is 35.8 Å². The molecule has 0 heterocycles. The van der Waals surface area contributed by atoms with Crippen molar-refractivity contribution >= 4 is 35.8 Å². The molecule has 27 N–H and O–H groups in total. The van der Waals surface area contributed by atoms with E-state index in [2.05, 4.69) is 46.9 Å². The van der Waals surface area contributed by atoms with Crippen LogP contribution in [0.15, 0.2) is 15.0 Å². The molecule has 0 aromatic heterocycles. The fraction of sp³-hybridized carbons (Fsp3) is 0.889. The van der Waals surface area contributed by atoms with Gasteiger partial charge in [-0.05, 0) is 116 Å². The minimum Gasteiger partial charge on any atom is -0.370 e. The van der Waals surface area contributed by atoms with Gasteiger partial charge in [0.2, 0.25) is 0 Å². The average molecular weight is 1070 g/mol. The number of guanidine groups is 6. The van der Waals surface area contributed by atoms with Crippen molar-refractivity contribution in [3.05, 3.63) is 0 Å². The maximum atomic E-state index is 7.05. The largest absolute Gasteiger partial charge is 0.370 e. The van der Waals surface area contributed by atoms with Gasteiger partial charge >= 0.3 is 0 Å². The molecular weight excluding hydrogens is 943 g/mol. The van der Waals surface area contributed by atoms with Crippen molar-refractivity contribution in [1.82, 2.24) is 31.9 Å². The van der Waals surface area contributed by atoms with Crippen LogP contribution in [0.4, 0.5) is 0 Å². The first kappa shape index (κ1) is 74.7. The molecule has 0 radical (unpaired) electrons. The molecule has 444 valence electrons. The second-order valence-corrected chi connectivity index (χ2v) is 19.9. The van der Waals surface area contributed by atoms with Crippen LogP contribution in [0.1, 0.15) is 231 Å². The smallest absolute Gasteiger partial charge is 0.185 e. The Labute approximate surface area is 458 Å². The van der Waals surface area contributed by atoms with Crippen molar-refractivity contribution in [2.24, 2.45) is 66.6 Å². The van der Waals surface area contributed by atoms with Gasteiger partial charge in [0, 0.05) is 39.3 Å². The molecule has 0 rings (SSSR count). The summed E-state index contributed by atoms with van der Waals surface area (Å²) in [4.78, 5) is 12.0. The lowest BCUT2D eigenvalue weighted by Gasteiger charge is -2.06. The van der Waals surface area contributed by atoms with Crippen LogP contribution in [0.5, 0.6) is 0 Å². The SMILES string of the molecule is N=C(N)NCCCCCCCCNCCCCCCCCN=C(N)N.N=C(N)NCCCCCCCCNCCCCCCCCN=C(N)N.N=C(N)NCCCCCCCCNCCCCCCCCN=C(N)N. The van der Waals surface area contributed by atoms with Gasteiger partial charge in [0.1, 0.15) is 0 Å². The number of unbranched alkanes of at least 4 members (excludes halogenated alkanes) is 30. The molecule has 0 atom stereocenters. The standard InChI is InChI=1S/3C18H41N7/c3*19-17(20)24-15-11-7-3-1-5-9-13-23-14-10-6-2-4-8-12-16-25-18(21)22/h3*23H,1-16H2,(H4,19,20,24)(H4,21,22,25). The van der Waals surface area contributed by atoms with E-state index in [1.807, 2.05) is 0 Å². The van der Waals surface area contributed by atoms with E-state index in [9.17, 15) is 0 Å². The molecule has 0 fully saturated rings. The van der Waals surface area contributed by atoms with E-state index in [4.69, 9.17) is 67.8 Å². The molecule has 0 aliphatic rings. The van der Waals surface area contributed by atoms with Crippen LogP contribution in [-0.2, 0) is 0 Å². The Kier molecular flexibility index (Phi) is 65.4. The molecule has 0 saturated heterocycles. The van der Waals surface area contributed by atoms with Crippen LogP contribution < -0.4 is 83.5 Å². The monoisotopic (exact) mass is 1070 g/mol. The Hall–Kier alpha value is -4.50. The van der Waals surface area contributed by atoms with Crippen LogP contribution >= 0.6 is 0 Å². The predicted octanol–water partition coefficient (Wildman–Crippen LogP) is 6.04. The topological polar surface area (TPSA) is 415 Å². The summed E-state index contributed by atoms with van der Waals surface area (Å²) in [6.07, 6.45) is 44.9. The summed E-state index contributed by atoms with van der Waals surface area (Å²) >= 11 is 0. The molecule has 0 saturated carbocycles. The van der Waals surface area contributed by atoms with Gasteiger partial charge in [-0.2, -0.15) is 0 Å². The molecule has 0 aliphatic carbocycles. The Morgan fingerprint density at radius 3 is 0.520 bits per heavy atom. The van der Waals surface area contributed by atoms with Gasteiger partial charge in [0.05, 0.1) is 0 Å². The van der Waals surface area contributed by atoms with Gasteiger partial charge < -0.3 is 83.5 Å². The first-order chi connectivity index (χ1) is 36.4. The van der Waals surface area contributed by atoms with Crippen LogP contribution in [0.3, 0.4) is 0 Å². The zero-order valence-electron chi connectivity index (χ0n) is 48.0. The summed E-state index contributed by atoms with van der Waals surface area (Å²) in [7, 11) is 0. The van der Waals surface area contributed by atoms with Crippen LogP contribution in [0.2, 0.25) is 0 Å². The molecule has 0 aliphatic heterocycles. The highest BCUT2D eigenvalue weighted by Crippen LogP contribution is 2.09. The first-order valence-corrected chi connectivity index (χ1v) is 29.9. The lowest BCUT2D eigenvalue weighted by atomic mass is 10.1. The van der Waals surface area contributed by atoms with Crippen molar-refractivity contribution in [2.75, 3.05) is 78.5 Å². The number of aliphatic imine (C=N–C) groups is 3. The molecule has 0 spiro atoms. The molecule has 0 aromatic rings. The second kappa shape index (κ2) is 65.6. The molecule has 0 amide bonds. The number of hydrogen-bond donors (Lipinski definition) is 18. The summed E-state index contributed by atoms with van der Waals surface area (Å²) < 4.78 is 0. The molecule has 21 nitrogen and oxygen atoms in total. The summed E-state index contributed by atoms with van der Waals surface area (Å²) in [5.41, 5.74) is 47.4. The fourth-order valence-corrected chi connectivity index (χ4v) is 8.12. The number of rotatable bonds is 54. The molecule has 21 heteroatoms. The number of hydrogen-bond acceptors (Lipinski definition) is 9. The highest BCUT2D eigenvalue weighted by Gasteiger charge is 1.98. The van der Waals surface area contributed by atoms with Gasteiger partial charge in [-0.15, -0.1) is 0 Å². The highest BCUT2D eigenvalue weighted by molar-refractivity contribution is 5.76. The molecule has 0 aromatic carbocycles. The van der Waals surface area contributed by atoms with Crippen molar-refractivity contribution < 1.29 is 0 Å². The number of nitrogens with zero attached hydrogens (tertiary/aromatic N) is 3. The average Bonchev–Trinajstić information content (AvgIpc) is 3.36.